The first-order chi connectivity index (χ1) is 12.8. The van der Waals surface area contributed by atoms with E-state index in [-0.39, 0.29) is 22.9 Å². The molecule has 27 heavy (non-hydrogen) atoms. The molecule has 1 aromatic carbocycles. The zero-order chi connectivity index (χ0) is 19.6. The maximum Gasteiger partial charge on any atom is 0.315 e. The average molecular weight is 398 g/mol. The van der Waals surface area contributed by atoms with E-state index >= 15 is 0 Å². The molecule has 0 bridgehead atoms. The minimum atomic E-state index is -0.798. The number of rotatable bonds is 4. The smallest absolute Gasteiger partial charge is 0.315 e. The molecular weight excluding hydrogens is 377 g/mol. The molecule has 1 aromatic rings. The van der Waals surface area contributed by atoms with Crippen LogP contribution in [0.3, 0.4) is 0 Å². The predicted octanol–water partition coefficient (Wildman–Crippen LogP) is 2.53. The van der Waals surface area contributed by atoms with Crippen molar-refractivity contribution in [2.75, 3.05) is 11.4 Å². The second kappa shape index (κ2) is 8.12. The number of amides is 3. The Morgan fingerprint density at radius 3 is 2.48 bits per heavy atom. The molecule has 0 spiro atoms. The van der Waals surface area contributed by atoms with Crippen LogP contribution in [0.15, 0.2) is 18.2 Å². The first-order valence-electron chi connectivity index (χ1n) is 8.91. The van der Waals surface area contributed by atoms with E-state index in [1.165, 1.54) is 17.0 Å². The number of aliphatic carboxylic acids is 1. The van der Waals surface area contributed by atoms with Crippen LogP contribution in [0.5, 0.6) is 0 Å². The van der Waals surface area contributed by atoms with Crippen molar-refractivity contribution in [1.29, 1.82) is 0 Å². The highest BCUT2D eigenvalue weighted by Gasteiger charge is 2.34. The highest BCUT2D eigenvalue weighted by Crippen LogP contribution is 2.26. The van der Waals surface area contributed by atoms with Gasteiger partial charge in [0.2, 0.25) is 5.91 Å². The van der Waals surface area contributed by atoms with E-state index in [1.54, 1.807) is 6.07 Å². The molecule has 1 atom stereocenters. The van der Waals surface area contributed by atoms with Gasteiger partial charge in [-0.3, -0.25) is 9.59 Å². The lowest BCUT2D eigenvalue weighted by Crippen LogP contribution is -2.49. The fourth-order valence-corrected chi connectivity index (χ4v) is 3.71. The number of carbonyl (C=O) groups is 3. The normalized spacial score (nSPS) is 25.3. The summed E-state index contributed by atoms with van der Waals surface area (Å²) in [5.74, 6) is -2.06. The highest BCUT2D eigenvalue weighted by molar-refractivity contribution is 6.30. The number of benzene rings is 1. The fourth-order valence-electron chi connectivity index (χ4n) is 3.59. The van der Waals surface area contributed by atoms with Crippen LogP contribution in [-0.2, 0) is 9.59 Å². The van der Waals surface area contributed by atoms with E-state index in [0.29, 0.717) is 44.3 Å². The van der Waals surface area contributed by atoms with Crippen LogP contribution >= 0.6 is 11.6 Å². The van der Waals surface area contributed by atoms with Crippen molar-refractivity contribution in [3.8, 4) is 0 Å². The van der Waals surface area contributed by atoms with Crippen molar-refractivity contribution >= 4 is 35.2 Å². The van der Waals surface area contributed by atoms with Gasteiger partial charge in [-0.25, -0.2) is 9.18 Å². The van der Waals surface area contributed by atoms with Gasteiger partial charge in [0, 0.05) is 18.3 Å². The van der Waals surface area contributed by atoms with Gasteiger partial charge in [-0.05, 0) is 50.3 Å². The van der Waals surface area contributed by atoms with Crippen molar-refractivity contribution in [3.63, 3.8) is 0 Å². The number of hydrogen-bond acceptors (Lipinski definition) is 3. The SMILES string of the molecule is O=C(NC1CCC(C(=O)O)CC1)NC1CCN(c2ccc(Cl)c(F)c2)C1=O. The Bertz CT molecular complexity index is 752. The Hall–Kier alpha value is -2.35. The fraction of sp³-hybridized carbons (Fsp3) is 0.500. The molecule has 146 valence electrons. The zero-order valence-corrected chi connectivity index (χ0v) is 15.3. The number of anilines is 1. The number of halogens is 2. The van der Waals surface area contributed by atoms with Gasteiger partial charge in [-0.15, -0.1) is 0 Å². The summed E-state index contributed by atoms with van der Waals surface area (Å²) in [6.07, 6.45) is 2.66. The van der Waals surface area contributed by atoms with Crippen molar-refractivity contribution < 1.29 is 23.9 Å². The number of nitrogens with one attached hydrogen (secondary N) is 2. The van der Waals surface area contributed by atoms with Crippen LogP contribution in [0.2, 0.25) is 5.02 Å². The van der Waals surface area contributed by atoms with Crippen LogP contribution in [-0.4, -0.2) is 41.6 Å². The van der Waals surface area contributed by atoms with Gasteiger partial charge in [-0.1, -0.05) is 11.6 Å². The van der Waals surface area contributed by atoms with E-state index in [2.05, 4.69) is 10.6 Å². The molecule has 1 unspecified atom stereocenters. The van der Waals surface area contributed by atoms with E-state index in [1.807, 2.05) is 0 Å². The second-order valence-corrected chi connectivity index (χ2v) is 7.34. The Morgan fingerprint density at radius 2 is 1.85 bits per heavy atom. The molecule has 3 N–H and O–H groups in total. The summed E-state index contributed by atoms with van der Waals surface area (Å²) >= 11 is 5.66. The molecule has 1 heterocycles. The van der Waals surface area contributed by atoms with Crippen LogP contribution in [0.1, 0.15) is 32.1 Å². The van der Waals surface area contributed by atoms with Gasteiger partial charge in [0.15, 0.2) is 0 Å². The molecule has 1 aliphatic heterocycles. The second-order valence-electron chi connectivity index (χ2n) is 6.93. The Kier molecular flexibility index (Phi) is 5.84. The number of carbonyl (C=O) groups excluding carboxylic acids is 2. The largest absolute Gasteiger partial charge is 0.481 e. The van der Waals surface area contributed by atoms with E-state index < -0.39 is 23.9 Å². The standard InChI is InChI=1S/C18H21ClFN3O4/c19-13-6-5-12(9-14(13)20)23-8-7-15(16(23)24)22-18(27)21-11-3-1-10(2-4-11)17(25)26/h5-6,9-11,15H,1-4,7-8H2,(H,25,26)(H2,21,22,27). The topological polar surface area (TPSA) is 98.7 Å². The van der Waals surface area contributed by atoms with Gasteiger partial charge in [0.05, 0.1) is 10.9 Å². The summed E-state index contributed by atoms with van der Waals surface area (Å²) in [6.45, 7) is 0.370. The monoisotopic (exact) mass is 397 g/mol. The summed E-state index contributed by atoms with van der Waals surface area (Å²) in [4.78, 5) is 37.1. The average Bonchev–Trinajstić information content (AvgIpc) is 2.98. The van der Waals surface area contributed by atoms with Gasteiger partial charge >= 0.3 is 12.0 Å². The third-order valence-corrected chi connectivity index (χ3v) is 5.44. The third-order valence-electron chi connectivity index (χ3n) is 5.14. The molecule has 3 rings (SSSR count). The Labute approximate surface area is 160 Å². The highest BCUT2D eigenvalue weighted by atomic mass is 35.5. The molecule has 9 heteroatoms. The molecule has 2 aliphatic rings. The molecule has 0 aromatic heterocycles. The molecule has 7 nitrogen and oxygen atoms in total. The van der Waals surface area contributed by atoms with Crippen molar-refractivity contribution in [1.82, 2.24) is 10.6 Å². The van der Waals surface area contributed by atoms with Crippen molar-refractivity contribution in [3.05, 3.63) is 29.0 Å². The summed E-state index contributed by atoms with van der Waals surface area (Å²) in [5, 5.41) is 14.5. The molecule has 1 saturated carbocycles. The molecular formula is C18H21ClFN3O4. The summed E-state index contributed by atoms with van der Waals surface area (Å²) in [7, 11) is 0. The molecule has 2 fully saturated rings. The van der Waals surface area contributed by atoms with Gasteiger partial charge < -0.3 is 20.6 Å². The van der Waals surface area contributed by atoms with Crippen LogP contribution in [0.25, 0.3) is 0 Å². The Morgan fingerprint density at radius 1 is 1.15 bits per heavy atom. The van der Waals surface area contributed by atoms with E-state index in [0.717, 1.165) is 0 Å². The van der Waals surface area contributed by atoms with Gasteiger partial charge in [0.25, 0.3) is 0 Å². The van der Waals surface area contributed by atoms with E-state index in [4.69, 9.17) is 16.7 Å². The lowest BCUT2D eigenvalue weighted by atomic mass is 9.86. The molecule has 0 radical (unpaired) electrons. The van der Waals surface area contributed by atoms with Crippen molar-refractivity contribution in [2.24, 2.45) is 5.92 Å². The summed E-state index contributed by atoms with van der Waals surface area (Å²) in [5.41, 5.74) is 0.401. The number of urea groups is 1. The lowest BCUT2D eigenvalue weighted by molar-refractivity contribution is -0.142. The third kappa shape index (κ3) is 4.50. The molecule has 1 saturated heterocycles. The minimum Gasteiger partial charge on any atom is -0.481 e. The number of carboxylic acid groups (broad SMARTS) is 1. The maximum atomic E-state index is 13.6. The Balaban J connectivity index is 1.51. The number of nitrogens with zero attached hydrogens (tertiary/aromatic N) is 1. The number of carboxylic acids is 1. The van der Waals surface area contributed by atoms with Crippen LogP contribution < -0.4 is 15.5 Å². The molecule has 3 amide bonds. The van der Waals surface area contributed by atoms with Crippen molar-refractivity contribution in [2.45, 2.75) is 44.2 Å². The predicted molar refractivity (Wildman–Crippen MR) is 97.2 cm³/mol. The number of hydrogen-bond donors (Lipinski definition) is 3. The van der Waals surface area contributed by atoms with Crippen LogP contribution in [0.4, 0.5) is 14.9 Å². The summed E-state index contributed by atoms with van der Waals surface area (Å²) in [6, 6.07) is 2.92. The first kappa shape index (κ1) is 19.4. The minimum absolute atomic E-state index is 0.0166. The molecule has 1 aliphatic carbocycles. The summed E-state index contributed by atoms with van der Waals surface area (Å²) < 4.78 is 13.6. The van der Waals surface area contributed by atoms with Gasteiger partial charge in [0.1, 0.15) is 11.9 Å². The van der Waals surface area contributed by atoms with Gasteiger partial charge in [-0.2, -0.15) is 0 Å². The lowest BCUT2D eigenvalue weighted by Gasteiger charge is -2.27. The first-order valence-corrected chi connectivity index (χ1v) is 9.29. The van der Waals surface area contributed by atoms with Crippen LogP contribution in [0, 0.1) is 11.7 Å². The zero-order valence-electron chi connectivity index (χ0n) is 14.6. The van der Waals surface area contributed by atoms with E-state index in [9.17, 15) is 18.8 Å². The quantitative estimate of drug-likeness (QED) is 0.727. The maximum absolute atomic E-state index is 13.6.